The molecular formula is C18H20N4O2S2. The molecule has 0 aliphatic heterocycles. The topological polar surface area (TPSA) is 72.1 Å². The summed E-state index contributed by atoms with van der Waals surface area (Å²) in [5.41, 5.74) is 2.04. The first-order valence-corrected chi connectivity index (χ1v) is 10.2. The summed E-state index contributed by atoms with van der Waals surface area (Å²) < 4.78 is 5.61. The molecule has 0 N–H and O–H groups in total. The highest BCUT2D eigenvalue weighted by atomic mass is 32.2. The number of thiazole rings is 1. The number of hydrogen-bond donors (Lipinski definition) is 0. The second kappa shape index (κ2) is 8.95. The van der Waals surface area contributed by atoms with Gasteiger partial charge in [-0.2, -0.15) is 0 Å². The van der Waals surface area contributed by atoms with Crippen molar-refractivity contribution in [1.29, 1.82) is 0 Å². The number of benzene rings is 1. The van der Waals surface area contributed by atoms with Crippen LogP contribution in [0.25, 0.3) is 0 Å². The fraction of sp³-hybridized carbons (Fsp3) is 0.333. The van der Waals surface area contributed by atoms with Gasteiger partial charge < -0.3 is 9.32 Å². The molecule has 0 fully saturated rings. The van der Waals surface area contributed by atoms with Gasteiger partial charge >= 0.3 is 0 Å². The molecule has 1 amide bonds. The van der Waals surface area contributed by atoms with E-state index in [4.69, 9.17) is 4.42 Å². The van der Waals surface area contributed by atoms with Gasteiger partial charge in [0.2, 0.25) is 11.8 Å². The zero-order valence-electron chi connectivity index (χ0n) is 14.7. The number of thioether (sulfide) groups is 1. The molecule has 0 saturated carbocycles. The second-order valence-electron chi connectivity index (χ2n) is 5.68. The molecule has 0 aliphatic carbocycles. The highest BCUT2D eigenvalue weighted by molar-refractivity contribution is 7.99. The standard InChI is InChI=1S/C18H20N4O2S2/c1-3-22(10-14-7-5-4-6-8-14)17(23)12-26-18-21-20-16(24-18)9-15-11-25-13(2)19-15/h4-8,11H,3,9-10,12H2,1-2H3. The molecular weight excluding hydrogens is 368 g/mol. The molecule has 0 spiro atoms. The highest BCUT2D eigenvalue weighted by Gasteiger charge is 2.15. The van der Waals surface area contributed by atoms with E-state index in [1.54, 1.807) is 11.3 Å². The lowest BCUT2D eigenvalue weighted by Gasteiger charge is -2.20. The Morgan fingerprint density at radius 3 is 2.77 bits per heavy atom. The SMILES string of the molecule is CCN(Cc1ccccc1)C(=O)CSc1nnc(Cc2csc(C)n2)o1. The summed E-state index contributed by atoms with van der Waals surface area (Å²) in [6.07, 6.45) is 0.515. The van der Waals surface area contributed by atoms with Gasteiger partial charge in [0.05, 0.1) is 22.9 Å². The largest absolute Gasteiger partial charge is 0.416 e. The molecule has 3 aromatic rings. The Bertz CT molecular complexity index is 848. The third kappa shape index (κ3) is 5.15. The second-order valence-corrected chi connectivity index (χ2v) is 7.67. The van der Waals surface area contributed by atoms with Crippen LogP contribution in [0.4, 0.5) is 0 Å². The van der Waals surface area contributed by atoms with Crippen LogP contribution in [0.2, 0.25) is 0 Å². The van der Waals surface area contributed by atoms with Gasteiger partial charge in [-0.3, -0.25) is 4.79 Å². The number of carbonyl (C=O) groups excluding carboxylic acids is 1. The molecule has 1 aromatic carbocycles. The molecule has 2 aromatic heterocycles. The molecule has 2 heterocycles. The number of amides is 1. The smallest absolute Gasteiger partial charge is 0.277 e. The van der Waals surface area contributed by atoms with Crippen LogP contribution in [0.3, 0.4) is 0 Å². The van der Waals surface area contributed by atoms with Gasteiger partial charge in [0.25, 0.3) is 5.22 Å². The van der Waals surface area contributed by atoms with Crippen molar-refractivity contribution >= 4 is 29.0 Å². The summed E-state index contributed by atoms with van der Waals surface area (Å²) in [5.74, 6) is 0.844. The summed E-state index contributed by atoms with van der Waals surface area (Å²) in [6, 6.07) is 9.97. The third-order valence-corrected chi connectivity index (χ3v) is 5.34. The average Bonchev–Trinajstić information content (AvgIpc) is 3.27. The fourth-order valence-corrected chi connectivity index (χ4v) is 3.70. The van der Waals surface area contributed by atoms with Crippen LogP contribution in [0.5, 0.6) is 0 Å². The predicted molar refractivity (Wildman–Crippen MR) is 102 cm³/mol. The van der Waals surface area contributed by atoms with E-state index in [0.717, 1.165) is 16.3 Å². The van der Waals surface area contributed by atoms with Crippen LogP contribution in [0, 0.1) is 6.92 Å². The van der Waals surface area contributed by atoms with E-state index in [2.05, 4.69) is 15.2 Å². The van der Waals surface area contributed by atoms with Crippen LogP contribution in [-0.4, -0.2) is 38.3 Å². The lowest BCUT2D eigenvalue weighted by atomic mass is 10.2. The highest BCUT2D eigenvalue weighted by Crippen LogP contribution is 2.19. The van der Waals surface area contributed by atoms with Crippen molar-refractivity contribution in [3.8, 4) is 0 Å². The number of carbonyl (C=O) groups is 1. The van der Waals surface area contributed by atoms with Crippen molar-refractivity contribution in [2.24, 2.45) is 0 Å². The lowest BCUT2D eigenvalue weighted by Crippen LogP contribution is -2.31. The molecule has 0 unspecified atom stereocenters. The van der Waals surface area contributed by atoms with Gasteiger partial charge in [0.15, 0.2) is 0 Å². The average molecular weight is 389 g/mol. The van der Waals surface area contributed by atoms with Gasteiger partial charge in [-0.25, -0.2) is 4.98 Å². The maximum absolute atomic E-state index is 12.5. The summed E-state index contributed by atoms with van der Waals surface area (Å²) in [5, 5.41) is 11.5. The van der Waals surface area contributed by atoms with E-state index in [-0.39, 0.29) is 11.7 Å². The van der Waals surface area contributed by atoms with Crippen molar-refractivity contribution in [3.63, 3.8) is 0 Å². The normalized spacial score (nSPS) is 10.8. The van der Waals surface area contributed by atoms with E-state index in [0.29, 0.717) is 30.6 Å². The van der Waals surface area contributed by atoms with Gasteiger partial charge in [0, 0.05) is 18.5 Å². The van der Waals surface area contributed by atoms with Crippen molar-refractivity contribution in [3.05, 3.63) is 57.9 Å². The lowest BCUT2D eigenvalue weighted by molar-refractivity contribution is -0.128. The molecule has 26 heavy (non-hydrogen) atoms. The summed E-state index contributed by atoms with van der Waals surface area (Å²) in [6.45, 7) is 5.21. The maximum atomic E-state index is 12.5. The monoisotopic (exact) mass is 388 g/mol. The predicted octanol–water partition coefficient (Wildman–Crippen LogP) is 3.57. The Labute approximate surface area is 160 Å². The van der Waals surface area contributed by atoms with E-state index in [9.17, 15) is 4.79 Å². The van der Waals surface area contributed by atoms with Crippen molar-refractivity contribution < 1.29 is 9.21 Å². The molecule has 0 bridgehead atoms. The van der Waals surface area contributed by atoms with Crippen molar-refractivity contribution in [1.82, 2.24) is 20.1 Å². The Hall–Kier alpha value is -2.19. The molecule has 0 aliphatic rings. The first-order valence-electron chi connectivity index (χ1n) is 8.32. The first kappa shape index (κ1) is 18.6. The fourth-order valence-electron chi connectivity index (χ4n) is 2.41. The van der Waals surface area contributed by atoms with Crippen LogP contribution in [-0.2, 0) is 17.8 Å². The Kier molecular flexibility index (Phi) is 6.40. The Balaban J connectivity index is 1.52. The van der Waals surface area contributed by atoms with E-state index in [1.807, 2.05) is 54.5 Å². The number of rotatable bonds is 8. The molecule has 0 radical (unpaired) electrons. The van der Waals surface area contributed by atoms with E-state index < -0.39 is 0 Å². The minimum Gasteiger partial charge on any atom is -0.416 e. The van der Waals surface area contributed by atoms with E-state index in [1.165, 1.54) is 11.8 Å². The van der Waals surface area contributed by atoms with Crippen LogP contribution < -0.4 is 0 Å². The quantitative estimate of drug-likeness (QED) is 0.550. The van der Waals surface area contributed by atoms with Gasteiger partial charge in [-0.05, 0) is 19.4 Å². The van der Waals surface area contributed by atoms with Crippen LogP contribution in [0.1, 0.15) is 29.1 Å². The van der Waals surface area contributed by atoms with Crippen molar-refractivity contribution in [2.75, 3.05) is 12.3 Å². The van der Waals surface area contributed by atoms with Gasteiger partial charge in [-0.1, -0.05) is 42.1 Å². The van der Waals surface area contributed by atoms with Crippen LogP contribution in [0.15, 0.2) is 45.4 Å². The minimum atomic E-state index is 0.0521. The molecule has 0 saturated heterocycles. The molecule has 136 valence electrons. The third-order valence-electron chi connectivity index (χ3n) is 3.72. The van der Waals surface area contributed by atoms with Crippen LogP contribution >= 0.6 is 23.1 Å². The summed E-state index contributed by atoms with van der Waals surface area (Å²) in [4.78, 5) is 18.7. The number of aryl methyl sites for hydroxylation is 1. The summed E-state index contributed by atoms with van der Waals surface area (Å²) in [7, 11) is 0. The zero-order valence-corrected chi connectivity index (χ0v) is 16.3. The minimum absolute atomic E-state index is 0.0521. The zero-order chi connectivity index (χ0) is 18.4. The van der Waals surface area contributed by atoms with E-state index >= 15 is 0 Å². The Morgan fingerprint density at radius 1 is 1.27 bits per heavy atom. The Morgan fingerprint density at radius 2 is 2.08 bits per heavy atom. The summed E-state index contributed by atoms with van der Waals surface area (Å²) >= 11 is 2.86. The first-order chi connectivity index (χ1) is 12.6. The van der Waals surface area contributed by atoms with Gasteiger partial charge in [0.1, 0.15) is 0 Å². The van der Waals surface area contributed by atoms with Crippen molar-refractivity contribution in [2.45, 2.75) is 32.0 Å². The van der Waals surface area contributed by atoms with Gasteiger partial charge in [-0.15, -0.1) is 21.5 Å². The number of hydrogen-bond acceptors (Lipinski definition) is 7. The molecule has 6 nitrogen and oxygen atoms in total. The number of nitrogens with zero attached hydrogens (tertiary/aromatic N) is 4. The molecule has 8 heteroatoms. The number of aromatic nitrogens is 3. The molecule has 3 rings (SSSR count). The molecule has 0 atom stereocenters. The maximum Gasteiger partial charge on any atom is 0.277 e.